The molecule has 0 saturated heterocycles. The van der Waals surface area contributed by atoms with Crippen LogP contribution in [0.4, 0.5) is 4.39 Å². The van der Waals surface area contributed by atoms with Gasteiger partial charge in [0.25, 0.3) is 5.91 Å². The molecule has 1 aliphatic rings. The van der Waals surface area contributed by atoms with Crippen LogP contribution in [0.5, 0.6) is 0 Å². The molecule has 0 atom stereocenters. The van der Waals surface area contributed by atoms with E-state index >= 15 is 0 Å². The Labute approximate surface area is 77.0 Å². The predicted octanol–water partition coefficient (Wildman–Crippen LogP) is 1.16. The number of alkyl halides is 1. The summed E-state index contributed by atoms with van der Waals surface area (Å²) in [5.41, 5.74) is 0.653. The Morgan fingerprint density at radius 1 is 1.69 bits per heavy atom. The molecule has 0 aromatic carbocycles. The highest BCUT2D eigenvalue weighted by Crippen LogP contribution is 2.18. The maximum absolute atomic E-state index is 11.8. The van der Waals surface area contributed by atoms with E-state index in [0.717, 1.165) is 12.8 Å². The SMILES string of the molecule is CC1=C(C(=O)NCCF)CCCO1. The van der Waals surface area contributed by atoms with E-state index in [1.165, 1.54) is 0 Å². The van der Waals surface area contributed by atoms with Gasteiger partial charge in [-0.2, -0.15) is 0 Å². The Hall–Kier alpha value is -1.06. The number of nitrogens with one attached hydrogen (secondary N) is 1. The lowest BCUT2D eigenvalue weighted by Gasteiger charge is -2.17. The molecule has 1 N–H and O–H groups in total. The molecule has 0 spiro atoms. The first-order valence-electron chi connectivity index (χ1n) is 4.42. The summed E-state index contributed by atoms with van der Waals surface area (Å²) < 4.78 is 17.0. The Morgan fingerprint density at radius 2 is 2.46 bits per heavy atom. The minimum Gasteiger partial charge on any atom is -0.498 e. The molecular weight excluding hydrogens is 173 g/mol. The number of rotatable bonds is 3. The van der Waals surface area contributed by atoms with Crippen molar-refractivity contribution < 1.29 is 13.9 Å². The number of carbonyl (C=O) groups is 1. The molecule has 0 aromatic rings. The molecule has 3 nitrogen and oxygen atoms in total. The first-order valence-corrected chi connectivity index (χ1v) is 4.42. The molecular formula is C9H14FNO2. The second-order valence-electron chi connectivity index (χ2n) is 2.93. The average Bonchev–Trinajstić information content (AvgIpc) is 2.15. The van der Waals surface area contributed by atoms with Crippen LogP contribution in [0.25, 0.3) is 0 Å². The zero-order chi connectivity index (χ0) is 9.68. The van der Waals surface area contributed by atoms with Crippen molar-refractivity contribution in [2.75, 3.05) is 19.8 Å². The van der Waals surface area contributed by atoms with E-state index in [0.29, 0.717) is 17.9 Å². The quantitative estimate of drug-likeness (QED) is 0.720. The zero-order valence-electron chi connectivity index (χ0n) is 7.73. The van der Waals surface area contributed by atoms with Crippen molar-refractivity contribution in [2.24, 2.45) is 0 Å². The van der Waals surface area contributed by atoms with Crippen molar-refractivity contribution in [1.29, 1.82) is 0 Å². The second kappa shape index (κ2) is 4.84. The third-order valence-corrected chi connectivity index (χ3v) is 1.97. The maximum atomic E-state index is 11.8. The van der Waals surface area contributed by atoms with E-state index in [9.17, 15) is 9.18 Å². The Balaban J connectivity index is 2.53. The minimum atomic E-state index is -0.529. The van der Waals surface area contributed by atoms with Crippen molar-refractivity contribution >= 4 is 5.91 Å². The number of ether oxygens (including phenoxy) is 1. The summed E-state index contributed by atoms with van der Waals surface area (Å²) in [6.07, 6.45) is 1.58. The summed E-state index contributed by atoms with van der Waals surface area (Å²) in [6, 6.07) is 0. The third kappa shape index (κ3) is 2.72. The van der Waals surface area contributed by atoms with Gasteiger partial charge in [-0.3, -0.25) is 4.79 Å². The summed E-state index contributed by atoms with van der Waals surface area (Å²) in [5.74, 6) is 0.470. The van der Waals surface area contributed by atoms with Gasteiger partial charge in [-0.25, -0.2) is 4.39 Å². The van der Waals surface area contributed by atoms with Crippen molar-refractivity contribution in [3.8, 4) is 0 Å². The van der Waals surface area contributed by atoms with Crippen LogP contribution in [-0.2, 0) is 9.53 Å². The van der Waals surface area contributed by atoms with E-state index < -0.39 is 6.67 Å². The van der Waals surface area contributed by atoms with Gasteiger partial charge in [-0.1, -0.05) is 0 Å². The predicted molar refractivity (Wildman–Crippen MR) is 46.9 cm³/mol. The Kier molecular flexibility index (Phi) is 3.73. The highest BCUT2D eigenvalue weighted by Gasteiger charge is 2.16. The van der Waals surface area contributed by atoms with E-state index in [1.807, 2.05) is 0 Å². The van der Waals surface area contributed by atoms with Crippen LogP contribution in [0.1, 0.15) is 19.8 Å². The maximum Gasteiger partial charge on any atom is 0.250 e. The monoisotopic (exact) mass is 187 g/mol. The fourth-order valence-electron chi connectivity index (χ4n) is 1.28. The molecule has 1 amide bonds. The largest absolute Gasteiger partial charge is 0.498 e. The lowest BCUT2D eigenvalue weighted by molar-refractivity contribution is -0.118. The first kappa shape index (κ1) is 10.0. The molecule has 1 heterocycles. The number of hydrogen-bond donors (Lipinski definition) is 1. The van der Waals surface area contributed by atoms with Crippen LogP contribution in [0, 0.1) is 0 Å². The van der Waals surface area contributed by atoms with Gasteiger partial charge in [0.1, 0.15) is 12.4 Å². The molecule has 4 heteroatoms. The van der Waals surface area contributed by atoms with Gasteiger partial charge in [0.2, 0.25) is 0 Å². The molecule has 1 aliphatic heterocycles. The summed E-state index contributed by atoms with van der Waals surface area (Å²) in [6.45, 7) is 1.99. The number of allylic oxidation sites excluding steroid dienone is 1. The zero-order valence-corrected chi connectivity index (χ0v) is 7.73. The molecule has 0 bridgehead atoms. The Morgan fingerprint density at radius 3 is 3.08 bits per heavy atom. The summed E-state index contributed by atoms with van der Waals surface area (Å²) in [4.78, 5) is 11.4. The average molecular weight is 187 g/mol. The van der Waals surface area contributed by atoms with Gasteiger partial charge in [0, 0.05) is 6.54 Å². The lowest BCUT2D eigenvalue weighted by atomic mass is 10.1. The molecule has 13 heavy (non-hydrogen) atoms. The third-order valence-electron chi connectivity index (χ3n) is 1.97. The molecule has 0 unspecified atom stereocenters. The lowest BCUT2D eigenvalue weighted by Crippen LogP contribution is -2.29. The molecule has 0 saturated carbocycles. The van der Waals surface area contributed by atoms with E-state index in [4.69, 9.17) is 4.74 Å². The standard InChI is InChI=1S/C9H14FNO2/c1-7-8(3-2-6-13-7)9(12)11-5-4-10/h2-6H2,1H3,(H,11,12). The minimum absolute atomic E-state index is 0.0790. The fraction of sp³-hybridized carbons (Fsp3) is 0.667. The summed E-state index contributed by atoms with van der Waals surface area (Å²) in [5, 5.41) is 2.48. The molecule has 0 fully saturated rings. The molecule has 0 radical (unpaired) electrons. The van der Waals surface area contributed by atoms with E-state index in [1.54, 1.807) is 6.92 Å². The topological polar surface area (TPSA) is 38.3 Å². The highest BCUT2D eigenvalue weighted by molar-refractivity contribution is 5.93. The summed E-state index contributed by atoms with van der Waals surface area (Å²) >= 11 is 0. The first-order chi connectivity index (χ1) is 6.25. The Bertz CT molecular complexity index is 226. The van der Waals surface area contributed by atoms with E-state index in [-0.39, 0.29) is 12.5 Å². The van der Waals surface area contributed by atoms with Gasteiger partial charge in [-0.05, 0) is 19.8 Å². The number of halogens is 1. The fourth-order valence-corrected chi connectivity index (χ4v) is 1.28. The van der Waals surface area contributed by atoms with E-state index in [2.05, 4.69) is 5.32 Å². The number of hydrogen-bond acceptors (Lipinski definition) is 2. The van der Waals surface area contributed by atoms with Crippen LogP contribution < -0.4 is 5.32 Å². The van der Waals surface area contributed by atoms with Gasteiger partial charge >= 0.3 is 0 Å². The normalized spacial score (nSPS) is 16.8. The smallest absolute Gasteiger partial charge is 0.250 e. The molecule has 0 aromatic heterocycles. The molecule has 74 valence electrons. The van der Waals surface area contributed by atoms with Crippen LogP contribution in [0.2, 0.25) is 0 Å². The van der Waals surface area contributed by atoms with Gasteiger partial charge < -0.3 is 10.1 Å². The van der Waals surface area contributed by atoms with Crippen LogP contribution in [0.15, 0.2) is 11.3 Å². The summed E-state index contributed by atoms with van der Waals surface area (Å²) in [7, 11) is 0. The second-order valence-corrected chi connectivity index (χ2v) is 2.93. The molecule has 1 rings (SSSR count). The molecule has 0 aliphatic carbocycles. The van der Waals surface area contributed by atoms with Crippen molar-refractivity contribution in [1.82, 2.24) is 5.32 Å². The van der Waals surface area contributed by atoms with Crippen molar-refractivity contribution in [3.63, 3.8) is 0 Å². The van der Waals surface area contributed by atoms with Gasteiger partial charge in [-0.15, -0.1) is 0 Å². The van der Waals surface area contributed by atoms with Crippen molar-refractivity contribution in [2.45, 2.75) is 19.8 Å². The van der Waals surface area contributed by atoms with Crippen LogP contribution >= 0.6 is 0 Å². The highest BCUT2D eigenvalue weighted by atomic mass is 19.1. The van der Waals surface area contributed by atoms with Crippen LogP contribution in [0.3, 0.4) is 0 Å². The van der Waals surface area contributed by atoms with Crippen molar-refractivity contribution in [3.05, 3.63) is 11.3 Å². The van der Waals surface area contributed by atoms with Gasteiger partial charge in [0.05, 0.1) is 12.2 Å². The van der Waals surface area contributed by atoms with Gasteiger partial charge in [0.15, 0.2) is 0 Å². The van der Waals surface area contributed by atoms with Crippen LogP contribution in [-0.4, -0.2) is 25.7 Å². The number of amides is 1. The number of carbonyl (C=O) groups excluding carboxylic acids is 1.